The van der Waals surface area contributed by atoms with Gasteiger partial charge in [0, 0.05) is 10.7 Å². The normalized spacial score (nSPS) is 10.6. The van der Waals surface area contributed by atoms with E-state index in [1.165, 1.54) is 0 Å². The van der Waals surface area contributed by atoms with Crippen LogP contribution in [0.5, 0.6) is 0 Å². The van der Waals surface area contributed by atoms with E-state index in [2.05, 4.69) is 15.3 Å². The lowest BCUT2D eigenvalue weighted by Crippen LogP contribution is -2.11. The first-order valence-corrected chi connectivity index (χ1v) is 6.12. The summed E-state index contributed by atoms with van der Waals surface area (Å²) in [5, 5.41) is 4.12. The fourth-order valence-electron chi connectivity index (χ4n) is 1.83. The number of hydrogen-bond donors (Lipinski definition) is 2. The Kier molecular flexibility index (Phi) is 2.93. The first-order valence-electron chi connectivity index (χ1n) is 5.74. The van der Waals surface area contributed by atoms with Crippen molar-refractivity contribution in [2.75, 3.05) is 5.32 Å². The van der Waals surface area contributed by atoms with Crippen LogP contribution in [0.3, 0.4) is 0 Å². The molecule has 2 aromatic carbocycles. The van der Waals surface area contributed by atoms with Crippen molar-refractivity contribution in [3.05, 3.63) is 63.9 Å². The van der Waals surface area contributed by atoms with Crippen molar-refractivity contribution >= 4 is 34.1 Å². The summed E-state index contributed by atoms with van der Waals surface area (Å²) in [6, 6.07) is 14.5. The fraction of sp³-hybridized carbons (Fsp3) is 0. The van der Waals surface area contributed by atoms with Gasteiger partial charge in [0.1, 0.15) is 0 Å². The summed E-state index contributed by atoms with van der Waals surface area (Å²) in [5.74, 6) is 0.394. The van der Waals surface area contributed by atoms with E-state index < -0.39 is 0 Å². The smallest absolute Gasteiger partial charge is 0.260 e. The maximum Gasteiger partial charge on any atom is 0.260 e. The van der Waals surface area contributed by atoms with Gasteiger partial charge in [-0.25, -0.2) is 4.98 Å². The minimum absolute atomic E-state index is 0.194. The molecular weight excluding hydrogens is 262 g/mol. The molecule has 0 saturated heterocycles. The molecule has 2 N–H and O–H groups in total. The zero-order valence-corrected chi connectivity index (χ0v) is 10.6. The molecule has 0 aliphatic rings. The van der Waals surface area contributed by atoms with Crippen LogP contribution in [0.1, 0.15) is 0 Å². The predicted molar refractivity (Wildman–Crippen MR) is 77.1 cm³/mol. The van der Waals surface area contributed by atoms with Gasteiger partial charge in [-0.3, -0.25) is 9.78 Å². The van der Waals surface area contributed by atoms with Crippen LogP contribution in [-0.2, 0) is 0 Å². The second-order valence-corrected chi connectivity index (χ2v) is 4.50. The maximum absolute atomic E-state index is 11.9. The van der Waals surface area contributed by atoms with Crippen molar-refractivity contribution in [3.8, 4) is 0 Å². The van der Waals surface area contributed by atoms with Gasteiger partial charge in [0.25, 0.3) is 5.56 Å². The summed E-state index contributed by atoms with van der Waals surface area (Å²) < 4.78 is 0. The van der Waals surface area contributed by atoms with Gasteiger partial charge in [0.2, 0.25) is 5.95 Å². The molecule has 0 saturated carbocycles. The van der Waals surface area contributed by atoms with Crippen LogP contribution >= 0.6 is 11.6 Å². The number of rotatable bonds is 2. The summed E-state index contributed by atoms with van der Waals surface area (Å²) in [6.07, 6.45) is 0. The number of anilines is 2. The molecule has 0 bridgehead atoms. The molecule has 0 amide bonds. The van der Waals surface area contributed by atoms with E-state index >= 15 is 0 Å². The van der Waals surface area contributed by atoms with E-state index in [9.17, 15) is 4.79 Å². The van der Waals surface area contributed by atoms with Crippen LogP contribution in [-0.4, -0.2) is 9.97 Å². The lowest BCUT2D eigenvalue weighted by atomic mass is 10.2. The Bertz CT molecular complexity index is 784. The van der Waals surface area contributed by atoms with Crippen molar-refractivity contribution in [2.45, 2.75) is 0 Å². The van der Waals surface area contributed by atoms with E-state index in [0.29, 0.717) is 21.9 Å². The van der Waals surface area contributed by atoms with Gasteiger partial charge < -0.3 is 5.32 Å². The molecule has 0 fully saturated rings. The van der Waals surface area contributed by atoms with Crippen LogP contribution in [0.4, 0.5) is 11.6 Å². The Morgan fingerprint density at radius 1 is 1.11 bits per heavy atom. The van der Waals surface area contributed by atoms with Crippen LogP contribution < -0.4 is 10.9 Å². The highest BCUT2D eigenvalue weighted by Crippen LogP contribution is 2.17. The fourth-order valence-corrected chi connectivity index (χ4v) is 2.00. The Balaban J connectivity index is 2.08. The zero-order valence-electron chi connectivity index (χ0n) is 9.85. The molecule has 5 heteroatoms. The predicted octanol–water partition coefficient (Wildman–Crippen LogP) is 3.32. The molecule has 0 aliphatic heterocycles. The molecule has 1 aromatic heterocycles. The molecule has 3 aromatic rings. The number of halogens is 1. The molecule has 94 valence electrons. The summed E-state index contributed by atoms with van der Waals surface area (Å²) >= 11 is 5.91. The number of fused-ring (bicyclic) bond motifs is 1. The van der Waals surface area contributed by atoms with Gasteiger partial charge in [-0.15, -0.1) is 0 Å². The molecular formula is C14H10ClN3O. The average Bonchev–Trinajstić information content (AvgIpc) is 2.39. The summed E-state index contributed by atoms with van der Waals surface area (Å²) in [4.78, 5) is 19.0. The van der Waals surface area contributed by atoms with Crippen molar-refractivity contribution in [3.63, 3.8) is 0 Å². The largest absolute Gasteiger partial charge is 0.326 e. The highest BCUT2D eigenvalue weighted by molar-refractivity contribution is 6.31. The molecule has 0 aliphatic carbocycles. The van der Waals surface area contributed by atoms with E-state index in [1.54, 1.807) is 18.2 Å². The number of hydrogen-bond acceptors (Lipinski definition) is 3. The van der Waals surface area contributed by atoms with Gasteiger partial charge in [-0.05, 0) is 30.3 Å². The van der Waals surface area contributed by atoms with Crippen LogP contribution in [0, 0.1) is 0 Å². The van der Waals surface area contributed by atoms with Gasteiger partial charge in [0.05, 0.1) is 10.9 Å². The molecule has 0 unspecified atom stereocenters. The van der Waals surface area contributed by atoms with Gasteiger partial charge in [-0.2, -0.15) is 0 Å². The Hall–Kier alpha value is -2.33. The molecule has 0 atom stereocenters. The molecule has 0 spiro atoms. The average molecular weight is 272 g/mol. The van der Waals surface area contributed by atoms with Crippen molar-refractivity contribution < 1.29 is 0 Å². The molecule has 4 nitrogen and oxygen atoms in total. The minimum atomic E-state index is -0.194. The van der Waals surface area contributed by atoms with E-state index in [1.807, 2.05) is 30.3 Å². The maximum atomic E-state index is 11.9. The molecule has 1 heterocycles. The summed E-state index contributed by atoms with van der Waals surface area (Å²) in [6.45, 7) is 0. The molecule has 3 rings (SSSR count). The topological polar surface area (TPSA) is 57.8 Å². The number of aromatic amines is 1. The van der Waals surface area contributed by atoms with Gasteiger partial charge in [-0.1, -0.05) is 29.8 Å². The number of H-pyrrole nitrogens is 1. The number of nitrogens with zero attached hydrogens (tertiary/aromatic N) is 1. The first kappa shape index (κ1) is 11.7. The van der Waals surface area contributed by atoms with Gasteiger partial charge in [0.15, 0.2) is 0 Å². The van der Waals surface area contributed by atoms with Crippen molar-refractivity contribution in [2.24, 2.45) is 0 Å². The van der Waals surface area contributed by atoms with Crippen LogP contribution in [0.2, 0.25) is 5.02 Å². The Morgan fingerprint density at radius 2 is 1.89 bits per heavy atom. The third-order valence-corrected chi connectivity index (χ3v) is 2.94. The third-order valence-electron chi connectivity index (χ3n) is 2.71. The lowest BCUT2D eigenvalue weighted by Gasteiger charge is -2.06. The van der Waals surface area contributed by atoms with Crippen LogP contribution in [0.25, 0.3) is 10.9 Å². The van der Waals surface area contributed by atoms with Crippen molar-refractivity contribution in [1.29, 1.82) is 0 Å². The lowest BCUT2D eigenvalue weighted by molar-refractivity contribution is 1.17. The van der Waals surface area contributed by atoms with Gasteiger partial charge >= 0.3 is 0 Å². The highest BCUT2D eigenvalue weighted by Gasteiger charge is 2.04. The number of benzene rings is 2. The highest BCUT2D eigenvalue weighted by atomic mass is 35.5. The monoisotopic (exact) mass is 271 g/mol. The second-order valence-electron chi connectivity index (χ2n) is 4.07. The quantitative estimate of drug-likeness (QED) is 0.752. The number of para-hydroxylation sites is 1. The van der Waals surface area contributed by atoms with Crippen LogP contribution in [0.15, 0.2) is 53.3 Å². The molecule has 0 radical (unpaired) electrons. The molecule has 19 heavy (non-hydrogen) atoms. The van der Waals surface area contributed by atoms with Crippen molar-refractivity contribution in [1.82, 2.24) is 9.97 Å². The standard InChI is InChI=1S/C14H10ClN3O/c15-9-6-7-11-12(8-9)17-14(18-13(11)19)16-10-4-2-1-3-5-10/h1-8H,(H2,16,17,18,19). The van der Waals surface area contributed by atoms with E-state index in [4.69, 9.17) is 11.6 Å². The first-order chi connectivity index (χ1) is 9.22. The summed E-state index contributed by atoms with van der Waals surface area (Å²) in [7, 11) is 0. The third kappa shape index (κ3) is 2.44. The summed E-state index contributed by atoms with van der Waals surface area (Å²) in [5.41, 5.74) is 1.22. The Morgan fingerprint density at radius 3 is 2.68 bits per heavy atom. The number of nitrogens with one attached hydrogen (secondary N) is 2. The van der Waals surface area contributed by atoms with E-state index in [-0.39, 0.29) is 5.56 Å². The zero-order chi connectivity index (χ0) is 13.2. The Labute approximate surface area is 114 Å². The van der Waals surface area contributed by atoms with E-state index in [0.717, 1.165) is 5.69 Å². The SMILES string of the molecule is O=c1[nH]c(Nc2ccccc2)nc2cc(Cl)ccc12. The second kappa shape index (κ2) is 4.74. The minimum Gasteiger partial charge on any atom is -0.326 e. The number of aromatic nitrogens is 2.